The van der Waals surface area contributed by atoms with Crippen molar-refractivity contribution in [2.75, 3.05) is 0 Å². The summed E-state index contributed by atoms with van der Waals surface area (Å²) in [4.78, 5) is 16.9. The van der Waals surface area contributed by atoms with E-state index in [2.05, 4.69) is 20.9 Å². The van der Waals surface area contributed by atoms with E-state index < -0.39 is 11.6 Å². The number of halogens is 1. The zero-order chi connectivity index (χ0) is 13.2. The van der Waals surface area contributed by atoms with Crippen molar-refractivity contribution in [2.45, 2.75) is 39.3 Å². The largest absolute Gasteiger partial charge is 0.465 e. The summed E-state index contributed by atoms with van der Waals surface area (Å²) in [6.45, 7) is 7.50. The van der Waals surface area contributed by atoms with E-state index in [0.717, 1.165) is 10.2 Å². The van der Waals surface area contributed by atoms with Gasteiger partial charge in [0.05, 0.1) is 6.04 Å². The van der Waals surface area contributed by atoms with Crippen LogP contribution in [-0.2, 0) is 0 Å². The standard InChI is InChI=1S/C12H17BrN2O2/c1-8(9-5-6-10(13)14-7-9)15(11(16)17)12(2,3)4/h5-8H,1-4H3,(H,16,17). The average molecular weight is 301 g/mol. The summed E-state index contributed by atoms with van der Waals surface area (Å²) < 4.78 is 0.742. The zero-order valence-corrected chi connectivity index (χ0v) is 12.0. The first-order valence-corrected chi connectivity index (χ1v) is 6.16. The fourth-order valence-corrected chi connectivity index (χ4v) is 2.05. The van der Waals surface area contributed by atoms with Gasteiger partial charge in [0.25, 0.3) is 0 Å². The third kappa shape index (κ3) is 3.43. The molecule has 0 aromatic carbocycles. The molecule has 1 amide bonds. The van der Waals surface area contributed by atoms with Crippen molar-refractivity contribution in [3.63, 3.8) is 0 Å². The van der Waals surface area contributed by atoms with Crippen LogP contribution in [0.15, 0.2) is 22.9 Å². The Labute approximate surface area is 110 Å². The average Bonchev–Trinajstić information content (AvgIpc) is 2.15. The maximum absolute atomic E-state index is 11.3. The van der Waals surface area contributed by atoms with Crippen LogP contribution in [0.4, 0.5) is 4.79 Å². The maximum atomic E-state index is 11.3. The normalized spacial score (nSPS) is 13.2. The number of carboxylic acid groups (broad SMARTS) is 1. The summed E-state index contributed by atoms with van der Waals surface area (Å²) in [7, 11) is 0. The number of hydrogen-bond acceptors (Lipinski definition) is 2. The molecule has 5 heteroatoms. The van der Waals surface area contributed by atoms with Crippen LogP contribution in [0.2, 0.25) is 0 Å². The fourth-order valence-electron chi connectivity index (χ4n) is 1.82. The monoisotopic (exact) mass is 300 g/mol. The molecule has 0 fully saturated rings. The second-order valence-corrected chi connectivity index (χ2v) is 5.73. The van der Waals surface area contributed by atoms with Crippen molar-refractivity contribution in [1.29, 1.82) is 0 Å². The predicted octanol–water partition coefficient (Wildman–Crippen LogP) is 3.68. The third-order valence-electron chi connectivity index (χ3n) is 2.55. The Hall–Kier alpha value is -1.10. The number of pyridine rings is 1. The molecule has 0 bridgehead atoms. The van der Waals surface area contributed by atoms with E-state index in [-0.39, 0.29) is 6.04 Å². The lowest BCUT2D eigenvalue weighted by atomic mass is 10.0. The first-order valence-electron chi connectivity index (χ1n) is 5.37. The third-order valence-corrected chi connectivity index (χ3v) is 3.02. The lowest BCUT2D eigenvalue weighted by molar-refractivity contribution is 0.0752. The Morgan fingerprint density at radius 1 is 1.47 bits per heavy atom. The van der Waals surface area contributed by atoms with Gasteiger partial charge in [0.1, 0.15) is 4.60 Å². The summed E-state index contributed by atoms with van der Waals surface area (Å²) in [5.41, 5.74) is 0.434. The highest BCUT2D eigenvalue weighted by molar-refractivity contribution is 9.10. The molecule has 1 N–H and O–H groups in total. The molecule has 17 heavy (non-hydrogen) atoms. The fraction of sp³-hybridized carbons (Fsp3) is 0.500. The highest BCUT2D eigenvalue weighted by Gasteiger charge is 2.31. The van der Waals surface area contributed by atoms with Crippen LogP contribution in [0, 0.1) is 0 Å². The van der Waals surface area contributed by atoms with Gasteiger partial charge in [-0.25, -0.2) is 9.78 Å². The van der Waals surface area contributed by atoms with Gasteiger partial charge in [-0.05, 0) is 55.3 Å². The SMILES string of the molecule is CC(c1ccc(Br)nc1)N(C(=O)O)C(C)(C)C. The van der Waals surface area contributed by atoms with Gasteiger partial charge < -0.3 is 5.11 Å². The zero-order valence-electron chi connectivity index (χ0n) is 10.4. The van der Waals surface area contributed by atoms with Crippen molar-refractivity contribution < 1.29 is 9.90 Å². The molecule has 1 aromatic rings. The number of nitrogens with zero attached hydrogens (tertiary/aromatic N) is 2. The number of carbonyl (C=O) groups is 1. The van der Waals surface area contributed by atoms with Crippen molar-refractivity contribution in [3.8, 4) is 0 Å². The van der Waals surface area contributed by atoms with Crippen molar-refractivity contribution in [2.24, 2.45) is 0 Å². The highest BCUT2D eigenvalue weighted by Crippen LogP contribution is 2.28. The van der Waals surface area contributed by atoms with Gasteiger partial charge >= 0.3 is 6.09 Å². The minimum Gasteiger partial charge on any atom is -0.465 e. The summed E-state index contributed by atoms with van der Waals surface area (Å²) in [5.74, 6) is 0. The smallest absolute Gasteiger partial charge is 0.408 e. The van der Waals surface area contributed by atoms with Crippen molar-refractivity contribution >= 4 is 22.0 Å². The van der Waals surface area contributed by atoms with Gasteiger partial charge in [0.2, 0.25) is 0 Å². The second kappa shape index (κ2) is 5.04. The minimum absolute atomic E-state index is 0.229. The minimum atomic E-state index is -0.923. The molecule has 1 heterocycles. The Morgan fingerprint density at radius 2 is 2.06 bits per heavy atom. The van der Waals surface area contributed by atoms with E-state index >= 15 is 0 Å². The Balaban J connectivity index is 3.04. The summed E-state index contributed by atoms with van der Waals surface area (Å²) in [6.07, 6.45) is 0.768. The van der Waals surface area contributed by atoms with Crippen LogP contribution in [-0.4, -0.2) is 26.6 Å². The van der Waals surface area contributed by atoms with Gasteiger partial charge in [-0.15, -0.1) is 0 Å². The Kier molecular flexibility index (Phi) is 4.14. The molecular formula is C12H17BrN2O2. The van der Waals surface area contributed by atoms with Gasteiger partial charge in [-0.2, -0.15) is 0 Å². The lowest BCUT2D eigenvalue weighted by Gasteiger charge is -2.38. The van der Waals surface area contributed by atoms with Gasteiger partial charge in [-0.3, -0.25) is 4.90 Å². The predicted molar refractivity (Wildman–Crippen MR) is 70.0 cm³/mol. The summed E-state index contributed by atoms with van der Waals surface area (Å²) in [6, 6.07) is 3.46. The van der Waals surface area contributed by atoms with E-state index in [1.807, 2.05) is 39.8 Å². The molecule has 0 spiro atoms. The molecule has 0 aliphatic rings. The topological polar surface area (TPSA) is 53.4 Å². The number of amides is 1. The molecule has 1 aromatic heterocycles. The molecule has 4 nitrogen and oxygen atoms in total. The molecule has 1 rings (SSSR count). The molecule has 1 unspecified atom stereocenters. The molecule has 0 aliphatic heterocycles. The molecule has 1 atom stereocenters. The second-order valence-electron chi connectivity index (χ2n) is 4.91. The van der Waals surface area contributed by atoms with Crippen LogP contribution in [0.3, 0.4) is 0 Å². The quantitative estimate of drug-likeness (QED) is 0.848. The van der Waals surface area contributed by atoms with Crippen LogP contribution in [0.25, 0.3) is 0 Å². The molecule has 0 aliphatic carbocycles. The molecule has 0 radical (unpaired) electrons. The van der Waals surface area contributed by atoms with Crippen LogP contribution in [0.1, 0.15) is 39.3 Å². The van der Waals surface area contributed by atoms with Crippen LogP contribution < -0.4 is 0 Å². The lowest BCUT2D eigenvalue weighted by Crippen LogP contribution is -2.46. The van der Waals surface area contributed by atoms with E-state index in [9.17, 15) is 9.90 Å². The highest BCUT2D eigenvalue weighted by atomic mass is 79.9. The Bertz CT molecular complexity index is 398. The molecule has 0 saturated carbocycles. The molecule has 94 valence electrons. The van der Waals surface area contributed by atoms with E-state index in [1.54, 1.807) is 6.20 Å². The van der Waals surface area contributed by atoms with Gasteiger partial charge in [-0.1, -0.05) is 6.07 Å². The molecule has 0 saturated heterocycles. The van der Waals surface area contributed by atoms with Gasteiger partial charge in [0.15, 0.2) is 0 Å². The van der Waals surface area contributed by atoms with E-state index in [1.165, 1.54) is 4.90 Å². The van der Waals surface area contributed by atoms with Crippen LogP contribution in [0.5, 0.6) is 0 Å². The van der Waals surface area contributed by atoms with Crippen molar-refractivity contribution in [1.82, 2.24) is 9.88 Å². The first kappa shape index (κ1) is 14.0. The first-order chi connectivity index (χ1) is 7.73. The summed E-state index contributed by atoms with van der Waals surface area (Å²) in [5, 5.41) is 9.29. The van der Waals surface area contributed by atoms with Crippen LogP contribution >= 0.6 is 15.9 Å². The summed E-state index contributed by atoms with van der Waals surface area (Å²) >= 11 is 3.26. The van der Waals surface area contributed by atoms with E-state index in [0.29, 0.717) is 0 Å². The van der Waals surface area contributed by atoms with E-state index in [4.69, 9.17) is 0 Å². The number of aromatic nitrogens is 1. The van der Waals surface area contributed by atoms with Gasteiger partial charge in [0, 0.05) is 11.7 Å². The van der Waals surface area contributed by atoms with Crippen molar-refractivity contribution in [3.05, 3.63) is 28.5 Å². The number of hydrogen-bond donors (Lipinski definition) is 1. The molecular weight excluding hydrogens is 284 g/mol. The maximum Gasteiger partial charge on any atom is 0.408 e. The number of rotatable bonds is 2. The Morgan fingerprint density at radius 3 is 2.41 bits per heavy atom.